The predicted octanol–water partition coefficient (Wildman–Crippen LogP) is 4.87. The molecule has 11 heteroatoms. The Morgan fingerprint density at radius 2 is 1.87 bits per heavy atom. The van der Waals surface area contributed by atoms with Crippen LogP contribution in [0.1, 0.15) is 34.3 Å². The first kappa shape index (κ1) is 26.0. The second-order valence-corrected chi connectivity index (χ2v) is 11.4. The summed E-state index contributed by atoms with van der Waals surface area (Å²) in [6.45, 7) is 5.10. The van der Waals surface area contributed by atoms with Crippen LogP contribution in [0.4, 0.5) is 22.0 Å². The predicted molar refractivity (Wildman–Crippen MR) is 153 cm³/mol. The third-order valence-corrected chi connectivity index (χ3v) is 8.28. The van der Waals surface area contributed by atoms with Crippen LogP contribution in [0.5, 0.6) is 0 Å². The summed E-state index contributed by atoms with van der Waals surface area (Å²) in [6.07, 6.45) is 4.44. The number of carbonyl (C=O) groups excluding carboxylic acids is 2. The molecule has 2 aliphatic heterocycles. The molecule has 1 saturated carbocycles. The van der Waals surface area contributed by atoms with E-state index in [-0.39, 0.29) is 11.9 Å². The van der Waals surface area contributed by atoms with E-state index < -0.39 is 0 Å². The maximum atomic E-state index is 13.7. The summed E-state index contributed by atoms with van der Waals surface area (Å²) >= 11 is 12.9. The maximum absolute atomic E-state index is 13.7. The van der Waals surface area contributed by atoms with E-state index in [1.807, 2.05) is 18.0 Å². The monoisotopic (exact) mass is 567 g/mol. The lowest BCUT2D eigenvalue weighted by atomic mass is 10.1. The first-order valence-electron chi connectivity index (χ1n) is 13.3. The lowest BCUT2D eigenvalue weighted by Crippen LogP contribution is -2.51. The average Bonchev–Trinajstić information content (AvgIpc) is 3.71. The van der Waals surface area contributed by atoms with Gasteiger partial charge in [0.15, 0.2) is 0 Å². The molecular weight excluding hydrogens is 537 g/mol. The number of nitrogens with one attached hydrogen (secondary N) is 2. The zero-order valence-corrected chi connectivity index (χ0v) is 23.3. The normalized spacial score (nSPS) is 17.2. The fourth-order valence-corrected chi connectivity index (χ4v) is 5.65. The molecule has 0 radical (unpaired) electrons. The lowest BCUT2D eigenvalue weighted by Gasteiger charge is -2.34. The Bertz CT molecular complexity index is 1410. The summed E-state index contributed by atoms with van der Waals surface area (Å²) in [7, 11) is 1.85. The van der Waals surface area contributed by atoms with Crippen molar-refractivity contribution in [2.45, 2.75) is 25.9 Å². The Balaban J connectivity index is 1.13. The molecule has 3 aliphatic rings. The van der Waals surface area contributed by atoms with E-state index in [9.17, 15) is 9.59 Å². The van der Waals surface area contributed by atoms with Gasteiger partial charge in [-0.2, -0.15) is 5.10 Å². The number of halogens is 2. The molecule has 3 heterocycles. The highest BCUT2D eigenvalue weighted by molar-refractivity contribution is 6.32. The van der Waals surface area contributed by atoms with Crippen molar-refractivity contribution in [3.8, 4) is 0 Å². The van der Waals surface area contributed by atoms with E-state index in [1.165, 1.54) is 12.8 Å². The van der Waals surface area contributed by atoms with Gasteiger partial charge < -0.3 is 20.4 Å². The standard InChI is InChI=1S/C28H31Cl2N7O2/c1-34-26-21(15-32-34)17-37(25-7-6-22(29)13-24(25)33-26)27(38)19-4-5-20(23(30)12-19)14-31-28(39)36-10-8-35(9-11-36)16-18-2-3-18/h4-7,12-13,15,18,33H,2-3,8-11,14,16-17H2,1H3,(H,31,39). The quantitative estimate of drug-likeness (QED) is 0.459. The van der Waals surface area contributed by atoms with Gasteiger partial charge in [-0.05, 0) is 54.7 Å². The van der Waals surface area contributed by atoms with Gasteiger partial charge in [-0.1, -0.05) is 29.3 Å². The molecule has 39 heavy (non-hydrogen) atoms. The zero-order chi connectivity index (χ0) is 27.1. The van der Waals surface area contributed by atoms with Gasteiger partial charge in [0.1, 0.15) is 5.82 Å². The largest absolute Gasteiger partial charge is 0.338 e. The highest BCUT2D eigenvalue weighted by atomic mass is 35.5. The van der Waals surface area contributed by atoms with Crippen LogP contribution in [0.3, 0.4) is 0 Å². The van der Waals surface area contributed by atoms with Crippen molar-refractivity contribution in [3.05, 3.63) is 69.3 Å². The van der Waals surface area contributed by atoms with E-state index in [0.29, 0.717) is 34.4 Å². The molecule has 1 saturated heterocycles. The molecule has 9 nitrogen and oxygen atoms in total. The summed E-state index contributed by atoms with van der Waals surface area (Å²) in [6, 6.07) is 10.5. The van der Waals surface area contributed by atoms with Crippen molar-refractivity contribution < 1.29 is 9.59 Å². The second kappa shape index (κ2) is 10.7. The fourth-order valence-electron chi connectivity index (χ4n) is 5.23. The lowest BCUT2D eigenvalue weighted by molar-refractivity contribution is 0.0985. The van der Waals surface area contributed by atoms with Crippen molar-refractivity contribution in [2.75, 3.05) is 42.9 Å². The first-order chi connectivity index (χ1) is 18.9. The van der Waals surface area contributed by atoms with Crippen molar-refractivity contribution in [1.82, 2.24) is 24.9 Å². The summed E-state index contributed by atoms with van der Waals surface area (Å²) in [5, 5.41) is 11.7. The first-order valence-corrected chi connectivity index (χ1v) is 14.0. The van der Waals surface area contributed by atoms with Gasteiger partial charge in [0.25, 0.3) is 5.91 Å². The Hall–Kier alpha value is -3.27. The van der Waals surface area contributed by atoms with Gasteiger partial charge in [0.05, 0.1) is 24.1 Å². The molecule has 2 N–H and O–H groups in total. The number of anilines is 3. The Kier molecular flexibility index (Phi) is 7.14. The molecule has 3 aromatic rings. The molecule has 2 fully saturated rings. The molecule has 3 amide bonds. The molecule has 6 rings (SSSR count). The number of carbonyl (C=O) groups is 2. The topological polar surface area (TPSA) is 85.7 Å². The highest BCUT2D eigenvalue weighted by Gasteiger charge is 2.29. The minimum Gasteiger partial charge on any atom is -0.338 e. The van der Waals surface area contributed by atoms with E-state index >= 15 is 0 Å². The van der Waals surface area contributed by atoms with Crippen molar-refractivity contribution in [1.29, 1.82) is 0 Å². The van der Waals surface area contributed by atoms with Gasteiger partial charge in [0, 0.05) is 67.5 Å². The third kappa shape index (κ3) is 5.57. The number of amides is 3. The van der Waals surface area contributed by atoms with Gasteiger partial charge in [-0.25, -0.2) is 4.79 Å². The summed E-state index contributed by atoms with van der Waals surface area (Å²) in [4.78, 5) is 32.5. The van der Waals surface area contributed by atoms with E-state index in [4.69, 9.17) is 23.2 Å². The molecule has 2 aromatic carbocycles. The van der Waals surface area contributed by atoms with Crippen LogP contribution in [0.25, 0.3) is 0 Å². The number of aryl methyl sites for hydroxylation is 1. The number of piperazine rings is 1. The van der Waals surface area contributed by atoms with Crippen LogP contribution in [-0.2, 0) is 20.1 Å². The number of rotatable bonds is 5. The van der Waals surface area contributed by atoms with Crippen molar-refractivity contribution in [3.63, 3.8) is 0 Å². The third-order valence-electron chi connectivity index (χ3n) is 7.69. The summed E-state index contributed by atoms with van der Waals surface area (Å²) in [5.41, 5.74) is 3.53. The van der Waals surface area contributed by atoms with Crippen LogP contribution >= 0.6 is 23.2 Å². The number of hydrogen-bond donors (Lipinski definition) is 2. The average molecular weight is 569 g/mol. The Labute approximate surface area is 237 Å². The number of nitrogens with zero attached hydrogens (tertiary/aromatic N) is 5. The number of hydrogen-bond acceptors (Lipinski definition) is 5. The van der Waals surface area contributed by atoms with E-state index in [2.05, 4.69) is 20.6 Å². The zero-order valence-electron chi connectivity index (χ0n) is 21.8. The maximum Gasteiger partial charge on any atom is 0.317 e. The van der Waals surface area contributed by atoms with Crippen LogP contribution in [-0.4, -0.2) is 64.2 Å². The molecule has 204 valence electrons. The summed E-state index contributed by atoms with van der Waals surface area (Å²) in [5.74, 6) is 1.47. The molecule has 0 spiro atoms. The SMILES string of the molecule is Cn1ncc2c1Nc1cc(Cl)ccc1N(C(=O)c1ccc(CNC(=O)N3CCN(CC4CC4)CC3)c(Cl)c1)C2. The molecule has 0 unspecified atom stereocenters. The van der Waals surface area contributed by atoms with E-state index in [0.717, 1.165) is 61.3 Å². The van der Waals surface area contributed by atoms with Crippen LogP contribution < -0.4 is 15.5 Å². The molecule has 1 aromatic heterocycles. The Morgan fingerprint density at radius 3 is 2.62 bits per heavy atom. The molecular formula is C28H31Cl2N7O2. The van der Waals surface area contributed by atoms with Crippen molar-refractivity contribution in [2.24, 2.45) is 13.0 Å². The van der Waals surface area contributed by atoms with Gasteiger partial charge in [-0.3, -0.25) is 14.4 Å². The van der Waals surface area contributed by atoms with Crippen molar-refractivity contribution >= 4 is 52.3 Å². The minimum atomic E-state index is -0.196. The molecule has 0 atom stereocenters. The summed E-state index contributed by atoms with van der Waals surface area (Å²) < 4.78 is 1.74. The van der Waals surface area contributed by atoms with Crippen LogP contribution in [0.15, 0.2) is 42.6 Å². The number of urea groups is 1. The van der Waals surface area contributed by atoms with Crippen LogP contribution in [0, 0.1) is 5.92 Å². The Morgan fingerprint density at radius 1 is 1.08 bits per heavy atom. The molecule has 1 aliphatic carbocycles. The van der Waals surface area contributed by atoms with E-state index in [1.54, 1.807) is 46.1 Å². The smallest absolute Gasteiger partial charge is 0.317 e. The van der Waals surface area contributed by atoms with Gasteiger partial charge in [0.2, 0.25) is 0 Å². The van der Waals surface area contributed by atoms with Gasteiger partial charge in [-0.15, -0.1) is 0 Å². The van der Waals surface area contributed by atoms with Crippen LogP contribution in [0.2, 0.25) is 10.0 Å². The number of aromatic nitrogens is 2. The number of fused-ring (bicyclic) bond motifs is 2. The molecule has 0 bridgehead atoms. The van der Waals surface area contributed by atoms with Gasteiger partial charge >= 0.3 is 6.03 Å². The highest BCUT2D eigenvalue weighted by Crippen LogP contribution is 2.38. The fraction of sp³-hybridized carbons (Fsp3) is 0.393. The number of benzene rings is 2. The minimum absolute atomic E-state index is 0.0862. The second-order valence-electron chi connectivity index (χ2n) is 10.5.